The van der Waals surface area contributed by atoms with Crippen molar-refractivity contribution in [1.29, 1.82) is 0 Å². The maximum atomic E-state index is 11.4. The number of rotatable bonds is 8. The Hall–Kier alpha value is -0.130. The van der Waals surface area contributed by atoms with E-state index in [0.29, 0.717) is 6.54 Å². The van der Waals surface area contributed by atoms with E-state index in [4.69, 9.17) is 5.11 Å². The Labute approximate surface area is 93.0 Å². The zero-order chi connectivity index (χ0) is 11.9. The highest BCUT2D eigenvalue weighted by Gasteiger charge is 2.15. The normalized spacial score (nSPS) is 14.5. The van der Waals surface area contributed by atoms with E-state index in [1.165, 1.54) is 0 Å². The molecule has 4 nitrogen and oxygen atoms in total. The van der Waals surface area contributed by atoms with Crippen molar-refractivity contribution in [2.24, 2.45) is 0 Å². The lowest BCUT2D eigenvalue weighted by Crippen LogP contribution is -2.33. The summed E-state index contributed by atoms with van der Waals surface area (Å²) in [5.41, 5.74) is 0. The van der Waals surface area contributed by atoms with Gasteiger partial charge in [0.15, 0.2) is 9.84 Å². The van der Waals surface area contributed by atoms with Crippen LogP contribution >= 0.6 is 0 Å². The molecule has 0 aliphatic rings. The van der Waals surface area contributed by atoms with Gasteiger partial charge in [-0.1, -0.05) is 0 Å². The largest absolute Gasteiger partial charge is 0.396 e. The van der Waals surface area contributed by atoms with Crippen molar-refractivity contribution in [2.45, 2.75) is 44.9 Å². The third-order valence-electron chi connectivity index (χ3n) is 2.39. The summed E-state index contributed by atoms with van der Waals surface area (Å²) in [7, 11) is -2.93. The Bertz CT molecular complexity index is 249. The number of hydrogen-bond donors (Lipinski definition) is 2. The van der Waals surface area contributed by atoms with Gasteiger partial charge in [-0.3, -0.25) is 0 Å². The van der Waals surface area contributed by atoms with Gasteiger partial charge in [0.2, 0.25) is 0 Å². The highest BCUT2D eigenvalue weighted by Crippen LogP contribution is 2.00. The van der Waals surface area contributed by atoms with E-state index in [2.05, 4.69) is 5.32 Å². The van der Waals surface area contributed by atoms with Gasteiger partial charge in [0.25, 0.3) is 0 Å². The Balaban J connectivity index is 3.70. The van der Waals surface area contributed by atoms with Gasteiger partial charge in [0.1, 0.15) is 0 Å². The van der Waals surface area contributed by atoms with E-state index in [0.717, 1.165) is 12.8 Å². The van der Waals surface area contributed by atoms with Crippen LogP contribution in [0.1, 0.15) is 33.6 Å². The molecule has 0 bridgehead atoms. The Kier molecular flexibility index (Phi) is 7.13. The van der Waals surface area contributed by atoms with Crippen LogP contribution in [-0.4, -0.2) is 43.7 Å². The van der Waals surface area contributed by atoms with Crippen LogP contribution in [0.15, 0.2) is 0 Å². The quantitative estimate of drug-likeness (QED) is 0.647. The van der Waals surface area contributed by atoms with Crippen LogP contribution < -0.4 is 5.32 Å². The minimum absolute atomic E-state index is 0.189. The molecule has 92 valence electrons. The van der Waals surface area contributed by atoms with Gasteiger partial charge in [-0.25, -0.2) is 8.42 Å². The van der Waals surface area contributed by atoms with E-state index < -0.39 is 9.84 Å². The second kappa shape index (κ2) is 7.19. The smallest absolute Gasteiger partial charge is 0.153 e. The molecule has 15 heavy (non-hydrogen) atoms. The van der Waals surface area contributed by atoms with Crippen LogP contribution in [0.25, 0.3) is 0 Å². The van der Waals surface area contributed by atoms with Crippen LogP contribution in [0.5, 0.6) is 0 Å². The average molecular weight is 237 g/mol. The van der Waals surface area contributed by atoms with Gasteiger partial charge in [0, 0.05) is 19.2 Å². The molecule has 0 aliphatic carbocycles. The molecule has 0 saturated carbocycles. The van der Waals surface area contributed by atoms with Gasteiger partial charge < -0.3 is 10.4 Å². The van der Waals surface area contributed by atoms with E-state index in [-0.39, 0.29) is 23.7 Å². The summed E-state index contributed by atoms with van der Waals surface area (Å²) in [4.78, 5) is 0. The number of aliphatic hydroxyl groups excluding tert-OH is 1. The van der Waals surface area contributed by atoms with Crippen LogP contribution in [0, 0.1) is 0 Å². The molecule has 1 unspecified atom stereocenters. The van der Waals surface area contributed by atoms with Crippen LogP contribution in [0.4, 0.5) is 0 Å². The first kappa shape index (κ1) is 14.9. The average Bonchev–Trinajstić information content (AvgIpc) is 2.14. The molecule has 0 spiro atoms. The highest BCUT2D eigenvalue weighted by molar-refractivity contribution is 7.92. The predicted molar refractivity (Wildman–Crippen MR) is 62.7 cm³/mol. The van der Waals surface area contributed by atoms with E-state index >= 15 is 0 Å². The second-order valence-electron chi connectivity index (χ2n) is 4.14. The lowest BCUT2D eigenvalue weighted by atomic mass is 10.2. The Morgan fingerprint density at radius 3 is 2.33 bits per heavy atom. The molecule has 0 aromatic heterocycles. The molecular weight excluding hydrogens is 214 g/mol. The first-order chi connectivity index (χ1) is 6.90. The molecule has 0 saturated heterocycles. The van der Waals surface area contributed by atoms with E-state index in [1.807, 2.05) is 6.92 Å². The molecule has 0 fully saturated rings. The van der Waals surface area contributed by atoms with Crippen molar-refractivity contribution in [2.75, 3.05) is 18.9 Å². The third-order valence-corrected chi connectivity index (χ3v) is 4.60. The number of aliphatic hydroxyl groups is 1. The Morgan fingerprint density at radius 1 is 1.27 bits per heavy atom. The standard InChI is InChI=1S/C10H23NO3S/c1-9(2)15(13,14)8-6-11-10(3)5-4-7-12/h9-12H,4-8H2,1-3H3. The van der Waals surface area contributed by atoms with Crippen molar-refractivity contribution in [3.63, 3.8) is 0 Å². The molecule has 0 aromatic carbocycles. The molecule has 1 atom stereocenters. The minimum Gasteiger partial charge on any atom is -0.396 e. The molecule has 0 heterocycles. The molecule has 0 aliphatic heterocycles. The van der Waals surface area contributed by atoms with Crippen LogP contribution in [0.3, 0.4) is 0 Å². The van der Waals surface area contributed by atoms with Gasteiger partial charge in [0.05, 0.1) is 11.0 Å². The monoisotopic (exact) mass is 237 g/mol. The molecule has 0 amide bonds. The fourth-order valence-corrected chi connectivity index (χ4v) is 2.06. The van der Waals surface area contributed by atoms with Gasteiger partial charge >= 0.3 is 0 Å². The zero-order valence-electron chi connectivity index (χ0n) is 9.86. The maximum Gasteiger partial charge on any atom is 0.153 e. The van der Waals surface area contributed by atoms with Crippen molar-refractivity contribution in [3.8, 4) is 0 Å². The SMILES string of the molecule is CC(CCCO)NCCS(=O)(=O)C(C)C. The van der Waals surface area contributed by atoms with Crippen molar-refractivity contribution < 1.29 is 13.5 Å². The van der Waals surface area contributed by atoms with Crippen molar-refractivity contribution in [3.05, 3.63) is 0 Å². The van der Waals surface area contributed by atoms with E-state index in [9.17, 15) is 8.42 Å². The summed E-state index contributed by atoms with van der Waals surface area (Å²) in [6, 6.07) is 0.263. The Morgan fingerprint density at radius 2 is 1.87 bits per heavy atom. The molecular formula is C10H23NO3S. The van der Waals surface area contributed by atoms with Gasteiger partial charge in [-0.15, -0.1) is 0 Å². The fraction of sp³-hybridized carbons (Fsp3) is 1.00. The summed E-state index contributed by atoms with van der Waals surface area (Å²) >= 11 is 0. The highest BCUT2D eigenvalue weighted by atomic mass is 32.2. The van der Waals surface area contributed by atoms with Gasteiger partial charge in [-0.05, 0) is 33.6 Å². The number of hydrogen-bond acceptors (Lipinski definition) is 4. The lowest BCUT2D eigenvalue weighted by molar-refractivity contribution is 0.277. The molecule has 5 heteroatoms. The zero-order valence-corrected chi connectivity index (χ0v) is 10.7. The third kappa shape index (κ3) is 6.87. The van der Waals surface area contributed by atoms with E-state index in [1.54, 1.807) is 13.8 Å². The molecule has 0 rings (SSSR count). The lowest BCUT2D eigenvalue weighted by Gasteiger charge is -2.14. The summed E-state index contributed by atoms with van der Waals surface area (Å²) in [5, 5.41) is 11.5. The molecule has 0 radical (unpaired) electrons. The summed E-state index contributed by atoms with van der Waals surface area (Å²) in [6.45, 7) is 6.08. The van der Waals surface area contributed by atoms with Crippen molar-refractivity contribution >= 4 is 9.84 Å². The summed E-state index contributed by atoms with van der Waals surface area (Å²) < 4.78 is 22.9. The first-order valence-electron chi connectivity index (χ1n) is 5.46. The molecule has 2 N–H and O–H groups in total. The summed E-state index contributed by atoms with van der Waals surface area (Å²) in [5.74, 6) is 0.189. The number of sulfone groups is 1. The van der Waals surface area contributed by atoms with Gasteiger partial charge in [-0.2, -0.15) is 0 Å². The van der Waals surface area contributed by atoms with Crippen molar-refractivity contribution in [1.82, 2.24) is 5.32 Å². The first-order valence-corrected chi connectivity index (χ1v) is 7.17. The minimum atomic E-state index is -2.93. The number of nitrogens with one attached hydrogen (secondary N) is 1. The summed E-state index contributed by atoms with van der Waals surface area (Å²) in [6.07, 6.45) is 1.63. The second-order valence-corrected chi connectivity index (χ2v) is 6.81. The van der Waals surface area contributed by atoms with Crippen LogP contribution in [0.2, 0.25) is 0 Å². The predicted octanol–water partition coefficient (Wildman–Crippen LogP) is 0.560. The topological polar surface area (TPSA) is 66.4 Å². The van der Waals surface area contributed by atoms with Crippen LogP contribution in [-0.2, 0) is 9.84 Å². The maximum absolute atomic E-state index is 11.4. The fourth-order valence-electron chi connectivity index (χ4n) is 1.18. The molecule has 0 aromatic rings.